The van der Waals surface area contributed by atoms with E-state index < -0.39 is 23.5 Å². The largest absolute Gasteiger partial charge is 0.481 e. The van der Waals surface area contributed by atoms with Crippen LogP contribution in [0.15, 0.2) is 65.6 Å². The van der Waals surface area contributed by atoms with Crippen LogP contribution < -0.4 is 9.62 Å². The third-order valence-electron chi connectivity index (χ3n) is 9.67. The van der Waals surface area contributed by atoms with Gasteiger partial charge >= 0.3 is 12.1 Å². The summed E-state index contributed by atoms with van der Waals surface area (Å²) in [6, 6.07) is 17.3. The molecule has 1 saturated carbocycles. The Kier molecular flexibility index (Phi) is 11.2. The SMILES string of the molecule is Cc1nc2cc(SN(C)c3ccc([C@@H]4CC(N5CCCC5)C[C@H](C)C4C(=O)O)cc3)ccc2n1C.O=CNc1ccc(C(F)(F)F)cc1F. The van der Waals surface area contributed by atoms with Crippen molar-refractivity contribution in [3.8, 4) is 0 Å². The topological polar surface area (TPSA) is 90.7 Å². The predicted molar refractivity (Wildman–Crippen MR) is 184 cm³/mol. The molecule has 2 fully saturated rings. The normalized spacial score (nSPS) is 21.2. The van der Waals surface area contributed by atoms with Crippen molar-refractivity contribution in [1.82, 2.24) is 14.5 Å². The van der Waals surface area contributed by atoms with Gasteiger partial charge in [0.15, 0.2) is 0 Å². The van der Waals surface area contributed by atoms with E-state index >= 15 is 0 Å². The molecule has 8 nitrogen and oxygen atoms in total. The number of rotatable bonds is 8. The van der Waals surface area contributed by atoms with Crippen molar-refractivity contribution in [2.45, 2.75) is 62.6 Å². The van der Waals surface area contributed by atoms with Crippen molar-refractivity contribution < 1.29 is 32.3 Å². The van der Waals surface area contributed by atoms with Crippen LogP contribution in [0.1, 0.15) is 55.5 Å². The Balaban J connectivity index is 0.000000281. The fourth-order valence-corrected chi connectivity index (χ4v) is 7.88. The summed E-state index contributed by atoms with van der Waals surface area (Å²) >= 11 is 1.67. The van der Waals surface area contributed by atoms with Crippen LogP contribution in [0, 0.1) is 24.6 Å². The predicted octanol–water partition coefficient (Wildman–Crippen LogP) is 8.12. The number of halogens is 4. The van der Waals surface area contributed by atoms with E-state index in [4.69, 9.17) is 0 Å². The molecule has 2 unspecified atom stereocenters. The minimum absolute atomic E-state index is 0.0589. The molecule has 13 heteroatoms. The van der Waals surface area contributed by atoms with Gasteiger partial charge in [0.1, 0.15) is 11.6 Å². The Labute approximate surface area is 287 Å². The molecule has 49 heavy (non-hydrogen) atoms. The highest BCUT2D eigenvalue weighted by Gasteiger charge is 2.42. The van der Waals surface area contributed by atoms with E-state index in [1.165, 1.54) is 12.8 Å². The summed E-state index contributed by atoms with van der Waals surface area (Å²) in [5.74, 6) is -0.843. The lowest BCUT2D eigenvalue weighted by atomic mass is 9.68. The van der Waals surface area contributed by atoms with E-state index in [-0.39, 0.29) is 29.9 Å². The molecule has 1 amide bonds. The fraction of sp³-hybridized carbons (Fsp3) is 0.417. The zero-order valence-corrected chi connectivity index (χ0v) is 28.7. The first kappa shape index (κ1) is 36.2. The van der Waals surface area contributed by atoms with Crippen LogP contribution >= 0.6 is 11.9 Å². The van der Waals surface area contributed by atoms with Crippen LogP contribution in [0.5, 0.6) is 0 Å². The Morgan fingerprint density at radius 2 is 1.76 bits per heavy atom. The molecule has 1 saturated heterocycles. The maximum absolute atomic E-state index is 12.8. The monoisotopic (exact) mass is 699 g/mol. The van der Waals surface area contributed by atoms with Gasteiger partial charge in [0, 0.05) is 30.7 Å². The van der Waals surface area contributed by atoms with E-state index in [1.807, 2.05) is 19.3 Å². The number of nitrogens with one attached hydrogen (secondary N) is 1. The number of benzene rings is 3. The van der Waals surface area contributed by atoms with Crippen LogP contribution in [-0.4, -0.2) is 58.1 Å². The quantitative estimate of drug-likeness (QED) is 0.109. The summed E-state index contributed by atoms with van der Waals surface area (Å²) < 4.78 is 53.2. The first-order valence-corrected chi connectivity index (χ1v) is 17.0. The molecule has 2 heterocycles. The van der Waals surface area contributed by atoms with Crippen LogP contribution in [0.4, 0.5) is 28.9 Å². The van der Waals surface area contributed by atoms with Gasteiger partial charge in [-0.15, -0.1) is 0 Å². The van der Waals surface area contributed by atoms with Gasteiger partial charge in [0.05, 0.1) is 28.2 Å². The number of carboxylic acids is 1. The molecular formula is C36H41F4N5O3S. The number of aromatic nitrogens is 2. The van der Waals surface area contributed by atoms with Gasteiger partial charge in [0.25, 0.3) is 0 Å². The number of aliphatic carboxylic acids is 1. The van der Waals surface area contributed by atoms with Gasteiger partial charge in [-0.2, -0.15) is 13.2 Å². The van der Waals surface area contributed by atoms with Gasteiger partial charge < -0.3 is 24.2 Å². The van der Waals surface area contributed by atoms with Crippen molar-refractivity contribution in [1.29, 1.82) is 0 Å². The molecular weight excluding hydrogens is 658 g/mol. The van der Waals surface area contributed by atoms with Crippen LogP contribution in [0.25, 0.3) is 11.0 Å². The Hall–Kier alpha value is -4.10. The second kappa shape index (κ2) is 15.2. The molecule has 4 aromatic rings. The molecule has 1 aliphatic heterocycles. The number of fused-ring (bicyclic) bond motifs is 1. The minimum Gasteiger partial charge on any atom is -0.481 e. The van der Waals surface area contributed by atoms with E-state index in [9.17, 15) is 32.3 Å². The van der Waals surface area contributed by atoms with E-state index in [0.29, 0.717) is 18.2 Å². The Morgan fingerprint density at radius 3 is 2.37 bits per heavy atom. The number of anilines is 2. The van der Waals surface area contributed by atoms with Gasteiger partial charge in [-0.3, -0.25) is 9.59 Å². The first-order chi connectivity index (χ1) is 23.3. The van der Waals surface area contributed by atoms with Crippen molar-refractivity contribution in [3.63, 3.8) is 0 Å². The lowest BCUT2D eigenvalue weighted by Crippen LogP contribution is -2.44. The number of imidazole rings is 1. The van der Waals surface area contributed by atoms with Gasteiger partial charge in [0.2, 0.25) is 6.41 Å². The number of carbonyl (C=O) groups is 2. The summed E-state index contributed by atoms with van der Waals surface area (Å²) in [6.07, 6.45) is 0.0685. The van der Waals surface area contributed by atoms with E-state index in [1.54, 1.807) is 11.9 Å². The minimum atomic E-state index is -4.58. The van der Waals surface area contributed by atoms with E-state index in [0.717, 1.165) is 65.0 Å². The van der Waals surface area contributed by atoms with Crippen molar-refractivity contribution in [2.75, 3.05) is 29.8 Å². The Morgan fingerprint density at radius 1 is 1.06 bits per heavy atom. The average molecular weight is 700 g/mol. The third kappa shape index (κ3) is 8.38. The molecule has 1 aliphatic carbocycles. The lowest BCUT2D eigenvalue weighted by molar-refractivity contribution is -0.146. The lowest BCUT2D eigenvalue weighted by Gasteiger charge is -2.42. The standard InChI is InChI=1S/C28H36N4O2S.C8H5F4NO/c1-18-15-22(32-13-5-6-14-32)16-24(27(18)28(33)34)20-7-9-21(10-8-20)31(4)35-23-11-12-26-25(17-23)29-19(2)30(26)3;9-6-3-5(8(10,11)12)1-2-7(6)13-4-14/h7-12,17-18,22,24,27H,5-6,13-16H2,1-4H3,(H,33,34);1-4H,(H,13,14)/t18-,22?,24-,27?;/m0./s1. The Bertz CT molecular complexity index is 1780. The number of alkyl halides is 3. The molecule has 6 rings (SSSR count). The molecule has 3 aromatic carbocycles. The summed E-state index contributed by atoms with van der Waals surface area (Å²) in [4.78, 5) is 30.5. The van der Waals surface area contributed by atoms with Gasteiger partial charge in [-0.05, 0) is 124 Å². The molecule has 0 radical (unpaired) electrons. The summed E-state index contributed by atoms with van der Waals surface area (Å²) in [5, 5.41) is 12.0. The molecule has 0 bridgehead atoms. The fourth-order valence-electron chi connectivity index (χ4n) is 7.04. The summed E-state index contributed by atoms with van der Waals surface area (Å²) in [5.41, 5.74) is 3.03. The summed E-state index contributed by atoms with van der Waals surface area (Å²) in [7, 11) is 4.11. The smallest absolute Gasteiger partial charge is 0.416 e. The highest BCUT2D eigenvalue weighted by atomic mass is 32.2. The number of hydrogen-bond acceptors (Lipinski definition) is 6. The van der Waals surface area contributed by atoms with Crippen LogP contribution in [-0.2, 0) is 22.8 Å². The maximum Gasteiger partial charge on any atom is 0.416 e. The highest BCUT2D eigenvalue weighted by molar-refractivity contribution is 8.00. The zero-order valence-electron chi connectivity index (χ0n) is 27.9. The molecule has 0 spiro atoms. The van der Waals surface area contributed by atoms with Crippen LogP contribution in [0.2, 0.25) is 0 Å². The zero-order chi connectivity index (χ0) is 35.5. The highest BCUT2D eigenvalue weighted by Crippen LogP contribution is 2.44. The van der Waals surface area contributed by atoms with Crippen LogP contribution in [0.3, 0.4) is 0 Å². The van der Waals surface area contributed by atoms with Gasteiger partial charge in [-0.1, -0.05) is 19.1 Å². The average Bonchev–Trinajstić information content (AvgIpc) is 3.69. The number of amides is 1. The molecule has 4 atom stereocenters. The van der Waals surface area contributed by atoms with Crippen molar-refractivity contribution >= 4 is 46.7 Å². The maximum atomic E-state index is 12.8. The molecule has 1 aromatic heterocycles. The number of nitrogens with zero attached hydrogens (tertiary/aromatic N) is 4. The second-order valence-electron chi connectivity index (χ2n) is 12.8. The molecule has 2 N–H and O–H groups in total. The van der Waals surface area contributed by atoms with Crippen molar-refractivity contribution in [3.05, 3.63) is 83.4 Å². The number of likely N-dealkylation sites (tertiary alicyclic amines) is 1. The number of aryl methyl sites for hydroxylation is 2. The number of carbonyl (C=O) groups excluding carboxylic acids is 1. The molecule has 262 valence electrons. The second-order valence-corrected chi connectivity index (χ2v) is 14.0. The third-order valence-corrected chi connectivity index (χ3v) is 10.6. The number of hydrogen-bond donors (Lipinski definition) is 2. The van der Waals surface area contributed by atoms with E-state index in [2.05, 4.69) is 75.2 Å². The van der Waals surface area contributed by atoms with Crippen molar-refractivity contribution in [2.24, 2.45) is 18.9 Å². The van der Waals surface area contributed by atoms with Gasteiger partial charge in [-0.25, -0.2) is 9.37 Å². The summed E-state index contributed by atoms with van der Waals surface area (Å²) in [6.45, 7) is 6.47. The first-order valence-electron chi connectivity index (χ1n) is 16.2. The molecule has 2 aliphatic rings. The number of carboxylic acid groups (broad SMARTS) is 1.